The second-order valence-corrected chi connectivity index (χ2v) is 4.69. The third-order valence-corrected chi connectivity index (χ3v) is 3.00. The molecule has 2 aromatic rings. The monoisotopic (exact) mass is 314 g/mol. The Morgan fingerprint density at radius 3 is 2.65 bits per heavy atom. The fraction of sp³-hybridized carbons (Fsp3) is 0.176. The number of carbonyl (C=O) groups is 2. The summed E-state index contributed by atoms with van der Waals surface area (Å²) in [4.78, 5) is 23.0. The molecule has 0 atom stereocenters. The van der Waals surface area contributed by atoms with Gasteiger partial charge in [-0.15, -0.1) is 0 Å². The first-order valence-electron chi connectivity index (χ1n) is 7.14. The van der Waals surface area contributed by atoms with Crippen molar-refractivity contribution in [2.45, 2.75) is 13.5 Å². The van der Waals surface area contributed by atoms with E-state index >= 15 is 0 Å². The van der Waals surface area contributed by atoms with Gasteiger partial charge in [-0.25, -0.2) is 9.59 Å². The van der Waals surface area contributed by atoms with Crippen LogP contribution in [0.1, 0.15) is 22.8 Å². The molecule has 0 aromatic heterocycles. The van der Waals surface area contributed by atoms with Crippen LogP contribution in [0.5, 0.6) is 5.75 Å². The zero-order valence-corrected chi connectivity index (χ0v) is 12.7. The minimum absolute atomic E-state index is 0.0997. The molecule has 0 aliphatic carbocycles. The van der Waals surface area contributed by atoms with Crippen LogP contribution in [0.25, 0.3) is 0 Å². The molecule has 120 valence electrons. The van der Waals surface area contributed by atoms with E-state index in [1.165, 1.54) is 6.07 Å². The Morgan fingerprint density at radius 2 is 1.91 bits per heavy atom. The number of urea groups is 1. The number of anilines is 1. The average molecular weight is 314 g/mol. The predicted octanol–water partition coefficient (Wildman–Crippen LogP) is 2.93. The highest BCUT2D eigenvalue weighted by atomic mass is 16.5. The predicted molar refractivity (Wildman–Crippen MR) is 86.4 cm³/mol. The highest BCUT2D eigenvalue weighted by Gasteiger charge is 2.10. The van der Waals surface area contributed by atoms with Crippen LogP contribution in [-0.2, 0) is 11.3 Å². The van der Waals surface area contributed by atoms with Gasteiger partial charge in [0.25, 0.3) is 0 Å². The molecule has 0 saturated heterocycles. The number of carbonyl (C=O) groups excluding carboxylic acids is 2. The van der Waals surface area contributed by atoms with Crippen molar-refractivity contribution in [3.8, 4) is 5.75 Å². The molecule has 0 heterocycles. The van der Waals surface area contributed by atoms with Crippen LogP contribution in [0, 0.1) is 0 Å². The standard InChI is InChI=1S/C17H18N2O4/c1-2-22-15-9-4-3-6-13(15)11-23-16(20)12-7-5-8-14(10-12)19-17(18)21/h3-10H,2,11H2,1H3,(H3,18,19,21). The highest BCUT2D eigenvalue weighted by molar-refractivity contribution is 5.93. The van der Waals surface area contributed by atoms with E-state index in [0.717, 1.165) is 5.56 Å². The summed E-state index contributed by atoms with van der Waals surface area (Å²) in [5.41, 5.74) is 6.59. The summed E-state index contributed by atoms with van der Waals surface area (Å²) in [5, 5.41) is 2.41. The molecule has 0 unspecified atom stereocenters. The lowest BCUT2D eigenvalue weighted by molar-refractivity contribution is 0.0469. The summed E-state index contributed by atoms with van der Waals surface area (Å²) in [6, 6.07) is 13.0. The van der Waals surface area contributed by atoms with Gasteiger partial charge < -0.3 is 20.5 Å². The van der Waals surface area contributed by atoms with Crippen molar-refractivity contribution < 1.29 is 19.1 Å². The summed E-state index contributed by atoms with van der Waals surface area (Å²) in [5.74, 6) is 0.191. The molecule has 2 amide bonds. The van der Waals surface area contributed by atoms with Gasteiger partial charge in [0.2, 0.25) is 0 Å². The van der Waals surface area contributed by atoms with Crippen molar-refractivity contribution in [1.29, 1.82) is 0 Å². The second kappa shape index (κ2) is 7.84. The van der Waals surface area contributed by atoms with E-state index in [2.05, 4.69) is 5.32 Å². The van der Waals surface area contributed by atoms with Gasteiger partial charge in [0.1, 0.15) is 12.4 Å². The maximum atomic E-state index is 12.1. The molecule has 0 radical (unpaired) electrons. The molecule has 0 aliphatic rings. The summed E-state index contributed by atoms with van der Waals surface area (Å²) in [6.45, 7) is 2.52. The molecule has 6 nitrogen and oxygen atoms in total. The maximum Gasteiger partial charge on any atom is 0.338 e. The van der Waals surface area contributed by atoms with Crippen LogP contribution in [-0.4, -0.2) is 18.6 Å². The van der Waals surface area contributed by atoms with E-state index < -0.39 is 12.0 Å². The van der Waals surface area contributed by atoms with E-state index in [9.17, 15) is 9.59 Å². The van der Waals surface area contributed by atoms with Crippen molar-refractivity contribution in [2.75, 3.05) is 11.9 Å². The Bertz CT molecular complexity index is 700. The highest BCUT2D eigenvalue weighted by Crippen LogP contribution is 2.20. The van der Waals surface area contributed by atoms with Gasteiger partial charge in [-0.3, -0.25) is 0 Å². The summed E-state index contributed by atoms with van der Waals surface area (Å²) in [6.07, 6.45) is 0. The molecule has 6 heteroatoms. The van der Waals surface area contributed by atoms with Gasteiger partial charge >= 0.3 is 12.0 Å². The first kappa shape index (κ1) is 16.4. The smallest absolute Gasteiger partial charge is 0.338 e. The van der Waals surface area contributed by atoms with Gasteiger partial charge in [-0.2, -0.15) is 0 Å². The lowest BCUT2D eigenvalue weighted by Gasteiger charge is -2.11. The number of hydrogen-bond donors (Lipinski definition) is 2. The van der Waals surface area contributed by atoms with E-state index in [-0.39, 0.29) is 6.61 Å². The number of esters is 1. The molecule has 23 heavy (non-hydrogen) atoms. The third kappa shape index (κ3) is 4.74. The molecule has 0 fully saturated rings. The van der Waals surface area contributed by atoms with E-state index in [4.69, 9.17) is 15.2 Å². The van der Waals surface area contributed by atoms with E-state index in [1.54, 1.807) is 18.2 Å². The molecule has 0 saturated carbocycles. The molecule has 2 aromatic carbocycles. The summed E-state index contributed by atoms with van der Waals surface area (Å²) in [7, 11) is 0. The number of ether oxygens (including phenoxy) is 2. The zero-order valence-electron chi connectivity index (χ0n) is 12.7. The molecule has 0 bridgehead atoms. The van der Waals surface area contributed by atoms with Crippen molar-refractivity contribution in [2.24, 2.45) is 5.73 Å². The van der Waals surface area contributed by atoms with Crippen LogP contribution in [0.15, 0.2) is 48.5 Å². The Hall–Kier alpha value is -3.02. The van der Waals surface area contributed by atoms with Crippen LogP contribution in [0.4, 0.5) is 10.5 Å². The number of benzene rings is 2. The van der Waals surface area contributed by atoms with Gasteiger partial charge in [0.05, 0.1) is 12.2 Å². The van der Waals surface area contributed by atoms with Crippen molar-refractivity contribution in [3.05, 3.63) is 59.7 Å². The molecule has 0 aliphatic heterocycles. The molecule has 3 N–H and O–H groups in total. The zero-order chi connectivity index (χ0) is 16.7. The number of hydrogen-bond acceptors (Lipinski definition) is 4. The molecule has 2 rings (SSSR count). The fourth-order valence-electron chi connectivity index (χ4n) is 2.01. The Labute approximate surface area is 134 Å². The molecular formula is C17H18N2O4. The van der Waals surface area contributed by atoms with Crippen molar-refractivity contribution in [3.63, 3.8) is 0 Å². The van der Waals surface area contributed by atoms with Crippen LogP contribution in [0.3, 0.4) is 0 Å². The Kier molecular flexibility index (Phi) is 5.57. The first-order valence-corrected chi connectivity index (χ1v) is 7.14. The fourth-order valence-corrected chi connectivity index (χ4v) is 2.01. The first-order chi connectivity index (χ1) is 11.1. The summed E-state index contributed by atoms with van der Waals surface area (Å²) < 4.78 is 10.8. The molecule has 0 spiro atoms. The Morgan fingerprint density at radius 1 is 1.13 bits per heavy atom. The normalized spacial score (nSPS) is 9.96. The largest absolute Gasteiger partial charge is 0.493 e. The average Bonchev–Trinajstić information content (AvgIpc) is 2.53. The maximum absolute atomic E-state index is 12.1. The number of amides is 2. The lowest BCUT2D eigenvalue weighted by atomic mass is 10.2. The van der Waals surface area contributed by atoms with Crippen molar-refractivity contribution >= 4 is 17.7 Å². The number of primary amides is 1. The number of nitrogens with two attached hydrogens (primary N) is 1. The summed E-state index contributed by atoms with van der Waals surface area (Å²) >= 11 is 0. The molecular weight excluding hydrogens is 296 g/mol. The van der Waals surface area contributed by atoms with Gasteiger partial charge in [0, 0.05) is 11.3 Å². The van der Waals surface area contributed by atoms with Gasteiger partial charge in [-0.05, 0) is 31.2 Å². The second-order valence-electron chi connectivity index (χ2n) is 4.69. The van der Waals surface area contributed by atoms with Crippen LogP contribution < -0.4 is 15.8 Å². The third-order valence-electron chi connectivity index (χ3n) is 3.00. The van der Waals surface area contributed by atoms with Crippen LogP contribution >= 0.6 is 0 Å². The number of rotatable bonds is 6. The topological polar surface area (TPSA) is 90.7 Å². The lowest BCUT2D eigenvalue weighted by Crippen LogP contribution is -2.19. The minimum atomic E-state index is -0.693. The number of para-hydroxylation sites is 1. The van der Waals surface area contributed by atoms with Crippen molar-refractivity contribution in [1.82, 2.24) is 0 Å². The van der Waals surface area contributed by atoms with E-state index in [1.807, 2.05) is 31.2 Å². The number of nitrogens with one attached hydrogen (secondary N) is 1. The van der Waals surface area contributed by atoms with Crippen LogP contribution in [0.2, 0.25) is 0 Å². The Balaban J connectivity index is 2.04. The van der Waals surface area contributed by atoms with Gasteiger partial charge in [-0.1, -0.05) is 24.3 Å². The SMILES string of the molecule is CCOc1ccccc1COC(=O)c1cccc(NC(N)=O)c1. The van der Waals surface area contributed by atoms with E-state index in [0.29, 0.717) is 23.6 Å². The quantitative estimate of drug-likeness (QED) is 0.802. The minimum Gasteiger partial charge on any atom is -0.493 e. The van der Waals surface area contributed by atoms with Gasteiger partial charge in [0.15, 0.2) is 0 Å².